The van der Waals surface area contributed by atoms with Gasteiger partial charge in [0.1, 0.15) is 52.4 Å². The van der Waals surface area contributed by atoms with Gasteiger partial charge in [0, 0.05) is 65.1 Å². The van der Waals surface area contributed by atoms with E-state index in [0.29, 0.717) is 54.0 Å². The number of aromatic hydroxyl groups is 1. The van der Waals surface area contributed by atoms with Crippen molar-refractivity contribution in [2.75, 3.05) is 52.5 Å². The second-order valence-electron chi connectivity index (χ2n) is 13.2. The Morgan fingerprint density at radius 3 is 1.71 bits per heavy atom. The van der Waals surface area contributed by atoms with E-state index in [2.05, 4.69) is 56.5 Å². The summed E-state index contributed by atoms with van der Waals surface area (Å²) in [7, 11) is -0.0879. The maximum Gasteiger partial charge on any atom is 0.300 e. The third-order valence-corrected chi connectivity index (χ3v) is 11.2. The predicted molar refractivity (Wildman–Crippen MR) is 243 cm³/mol. The summed E-state index contributed by atoms with van der Waals surface area (Å²) in [5.74, 6) is -2.35. The van der Waals surface area contributed by atoms with Gasteiger partial charge in [-0.05, 0) is 86.5 Å². The van der Waals surface area contributed by atoms with Crippen molar-refractivity contribution in [2.45, 2.75) is 4.90 Å². The van der Waals surface area contributed by atoms with Crippen LogP contribution in [-0.2, 0) is 19.5 Å². The number of pyridine rings is 4. The number of methoxy groups -OCH3 is 3. The van der Waals surface area contributed by atoms with Crippen molar-refractivity contribution in [3.05, 3.63) is 156 Å². The number of hydrogen-bond acceptors (Lipinski definition) is 15. The highest BCUT2D eigenvalue weighted by Crippen LogP contribution is 2.31. The number of sulfonamides is 1. The van der Waals surface area contributed by atoms with Gasteiger partial charge in [-0.15, -0.1) is 0 Å². The number of benzene rings is 1. The van der Waals surface area contributed by atoms with Crippen molar-refractivity contribution >= 4 is 64.5 Å². The molecule has 0 saturated carbocycles. The smallest absolute Gasteiger partial charge is 0.300 e. The van der Waals surface area contributed by atoms with Crippen LogP contribution in [-0.4, -0.2) is 94.4 Å². The molecule has 7 aromatic heterocycles. The molecule has 1 aromatic carbocycles. The van der Waals surface area contributed by atoms with Crippen LogP contribution in [0.25, 0.3) is 28.1 Å². The third-order valence-electron chi connectivity index (χ3n) is 8.85. The normalized spacial score (nSPS) is 11.1. The van der Waals surface area contributed by atoms with Gasteiger partial charge < -0.3 is 28.8 Å². The minimum absolute atomic E-state index is 0.0318. The van der Waals surface area contributed by atoms with Gasteiger partial charge in [-0.2, -0.15) is 0 Å². The molecule has 0 aliphatic heterocycles. The van der Waals surface area contributed by atoms with Gasteiger partial charge in [-0.25, -0.2) is 37.1 Å². The Morgan fingerprint density at radius 1 is 0.636 bits per heavy atom. The lowest BCUT2D eigenvalue weighted by Gasteiger charge is -2.13. The number of halogens is 4. The van der Waals surface area contributed by atoms with Crippen LogP contribution >= 0.6 is 31.9 Å². The molecular formula is C42H36Br2F2N8O11S. The summed E-state index contributed by atoms with van der Waals surface area (Å²) in [6, 6.07) is 13.8. The fourth-order valence-electron chi connectivity index (χ4n) is 5.71. The van der Waals surface area contributed by atoms with Crippen molar-refractivity contribution in [1.29, 1.82) is 0 Å². The highest BCUT2D eigenvalue weighted by molar-refractivity contribution is 9.10. The third kappa shape index (κ3) is 11.7. The summed E-state index contributed by atoms with van der Waals surface area (Å²) >= 11 is 6.53. The molecule has 8 aromatic rings. The van der Waals surface area contributed by atoms with Gasteiger partial charge in [0.2, 0.25) is 23.1 Å². The molecule has 0 aliphatic rings. The molecule has 0 fully saturated rings. The van der Waals surface area contributed by atoms with Crippen LogP contribution < -0.4 is 35.6 Å². The Balaban J connectivity index is 0.000000196. The van der Waals surface area contributed by atoms with Crippen LogP contribution in [0.4, 0.5) is 14.5 Å². The van der Waals surface area contributed by atoms with Crippen molar-refractivity contribution in [3.63, 3.8) is 0 Å². The highest BCUT2D eigenvalue weighted by atomic mass is 79.9. The zero-order valence-electron chi connectivity index (χ0n) is 34.7. The molecule has 0 saturated heterocycles. The van der Waals surface area contributed by atoms with Gasteiger partial charge in [0.15, 0.2) is 0 Å². The van der Waals surface area contributed by atoms with Crippen LogP contribution in [0.2, 0.25) is 0 Å². The van der Waals surface area contributed by atoms with E-state index >= 15 is 0 Å². The molecule has 2 N–H and O–H groups in total. The Hall–Kier alpha value is -6.86. The van der Waals surface area contributed by atoms with E-state index in [0.717, 1.165) is 27.3 Å². The minimum Gasteiger partial charge on any atom is -0.502 e. The Bertz CT molecular complexity index is 3340. The SMILES string of the molecule is COCCOc1cnc2ccc(-c3cnc(OC)c(NS(=O)(=O)c4ccc(F)cc4F)c3)cn2c1=O.COCCOc1cnc2ccc(Br)cn2c1=O.O=c1c(O)cnc2ccc(Br)cn12. The van der Waals surface area contributed by atoms with Gasteiger partial charge in [0.05, 0.1) is 38.9 Å². The van der Waals surface area contributed by atoms with E-state index in [1.165, 1.54) is 58.3 Å². The Kier molecular flexibility index (Phi) is 16.1. The number of ether oxygens (including phenoxy) is 5. The summed E-state index contributed by atoms with van der Waals surface area (Å²) in [5.41, 5.74) is 1.10. The fraction of sp³-hybridized carbons (Fsp3) is 0.167. The van der Waals surface area contributed by atoms with E-state index in [9.17, 15) is 31.6 Å². The predicted octanol–water partition coefficient (Wildman–Crippen LogP) is 5.51. The van der Waals surface area contributed by atoms with Gasteiger partial charge in [-0.1, -0.05) is 0 Å². The highest BCUT2D eigenvalue weighted by Gasteiger charge is 2.22. The van der Waals surface area contributed by atoms with Crippen LogP contribution in [0, 0.1) is 11.6 Å². The first-order valence-corrected chi connectivity index (χ1v) is 22.0. The number of fused-ring (bicyclic) bond motifs is 3. The monoisotopic (exact) mass is 1060 g/mol. The molecule has 0 amide bonds. The maximum absolute atomic E-state index is 14.1. The first-order valence-electron chi connectivity index (χ1n) is 18.9. The van der Waals surface area contributed by atoms with E-state index in [-0.39, 0.29) is 41.0 Å². The van der Waals surface area contributed by atoms with Gasteiger partial charge in [0.25, 0.3) is 26.7 Å². The molecule has 0 atom stereocenters. The second kappa shape index (κ2) is 21.9. The standard InChI is InChI=1S/C23H20F2N4O6S.C11H11BrN2O3.C8H5BrN2O2/c1-33-7-8-35-19-12-26-21-6-3-14(13-29(21)23(19)30)15-9-18(22(34-2)27-11-15)28-36(31,32)20-5-4-16(24)10-17(20)25;1-16-4-5-17-9-6-13-10-3-2-8(12)7-14(10)11(9)15;9-5-1-2-7-10-3-6(12)8(13)11(7)4-5/h3-6,9-13,28H,7-8H2,1-2H3;2-3,6-7H,4-5H2,1H3;1-4,12H. The second-order valence-corrected chi connectivity index (χ2v) is 16.7. The number of hydrogen-bond donors (Lipinski definition) is 2. The van der Waals surface area contributed by atoms with Crippen LogP contribution in [0.3, 0.4) is 0 Å². The molecule has 0 radical (unpaired) electrons. The first kappa shape index (κ1) is 48.6. The maximum atomic E-state index is 14.1. The quantitative estimate of drug-likeness (QED) is 0.136. The molecule has 8 rings (SSSR count). The average molecular weight is 1060 g/mol. The zero-order valence-corrected chi connectivity index (χ0v) is 38.7. The summed E-state index contributed by atoms with van der Waals surface area (Å²) < 4.78 is 86.3. The minimum atomic E-state index is -4.45. The van der Waals surface area contributed by atoms with E-state index in [1.54, 1.807) is 49.8 Å². The lowest BCUT2D eigenvalue weighted by molar-refractivity contribution is 0.145. The Labute approximate surface area is 389 Å². The molecule has 0 bridgehead atoms. The lowest BCUT2D eigenvalue weighted by atomic mass is 10.1. The molecule has 19 nitrogen and oxygen atoms in total. The molecule has 0 unspecified atom stereocenters. The number of nitrogens with one attached hydrogen (secondary N) is 1. The molecular weight excluding hydrogens is 1020 g/mol. The van der Waals surface area contributed by atoms with E-state index < -0.39 is 37.7 Å². The van der Waals surface area contributed by atoms with E-state index in [4.69, 9.17) is 28.8 Å². The summed E-state index contributed by atoms with van der Waals surface area (Å²) in [5, 5.41) is 9.10. The zero-order chi connectivity index (χ0) is 47.5. The van der Waals surface area contributed by atoms with Crippen molar-refractivity contribution in [1.82, 2.24) is 33.1 Å². The van der Waals surface area contributed by atoms with Crippen LogP contribution in [0.1, 0.15) is 0 Å². The van der Waals surface area contributed by atoms with Crippen LogP contribution in [0.5, 0.6) is 23.1 Å². The van der Waals surface area contributed by atoms with E-state index in [1.807, 2.05) is 6.07 Å². The molecule has 7 heterocycles. The van der Waals surface area contributed by atoms with Gasteiger partial charge >= 0.3 is 0 Å². The number of nitrogens with zero attached hydrogens (tertiary/aromatic N) is 7. The number of rotatable bonds is 13. The van der Waals surface area contributed by atoms with Crippen molar-refractivity contribution in [3.8, 4) is 34.3 Å². The number of aromatic nitrogens is 7. The summed E-state index contributed by atoms with van der Waals surface area (Å²) in [4.78, 5) is 51.8. The first-order chi connectivity index (χ1) is 31.6. The fourth-order valence-corrected chi connectivity index (χ4v) is 7.49. The topological polar surface area (TPSA) is 229 Å². The summed E-state index contributed by atoms with van der Waals surface area (Å²) in [6.45, 7) is 1.22. The largest absolute Gasteiger partial charge is 0.502 e. The molecule has 0 aliphatic carbocycles. The van der Waals surface area contributed by atoms with Gasteiger partial charge in [-0.3, -0.25) is 32.3 Å². The summed E-state index contributed by atoms with van der Waals surface area (Å²) in [6.07, 6.45) is 10.0. The molecule has 66 heavy (non-hydrogen) atoms. The van der Waals surface area contributed by atoms with Crippen molar-refractivity contribution in [2.24, 2.45) is 0 Å². The Morgan fingerprint density at radius 2 is 1.17 bits per heavy atom. The molecule has 24 heteroatoms. The van der Waals surface area contributed by atoms with Crippen LogP contribution in [0.15, 0.2) is 132 Å². The number of anilines is 1. The molecule has 0 spiro atoms. The molecule has 344 valence electrons. The lowest BCUT2D eigenvalue weighted by Crippen LogP contribution is -2.19. The van der Waals surface area contributed by atoms with Crippen molar-refractivity contribution < 1.29 is 46.0 Å². The average Bonchev–Trinajstić information content (AvgIpc) is 3.30.